The van der Waals surface area contributed by atoms with Gasteiger partial charge in [-0.1, -0.05) is 31.0 Å². The molecule has 0 bridgehead atoms. The number of tetrazole rings is 1. The number of nitrogens with one attached hydrogen (secondary N) is 1. The van der Waals surface area contributed by atoms with E-state index in [-0.39, 0.29) is 11.6 Å². The number of ether oxygens (including phenoxy) is 1. The Morgan fingerprint density at radius 1 is 1.21 bits per heavy atom. The van der Waals surface area contributed by atoms with Crippen LogP contribution in [0.5, 0.6) is 0 Å². The zero-order valence-electron chi connectivity index (χ0n) is 16.7. The van der Waals surface area contributed by atoms with Gasteiger partial charge in [-0.15, -0.1) is 5.10 Å². The molecule has 1 saturated carbocycles. The van der Waals surface area contributed by atoms with E-state index in [0.717, 1.165) is 48.2 Å². The first kappa shape index (κ1) is 18.4. The van der Waals surface area contributed by atoms with Gasteiger partial charge in [-0.2, -0.15) is 0 Å². The fourth-order valence-corrected chi connectivity index (χ4v) is 4.73. The molecule has 2 aliphatic rings. The van der Waals surface area contributed by atoms with Crippen molar-refractivity contribution in [2.24, 2.45) is 0 Å². The summed E-state index contributed by atoms with van der Waals surface area (Å²) < 4.78 is 7.53. The van der Waals surface area contributed by atoms with E-state index >= 15 is 0 Å². The minimum Gasteiger partial charge on any atom is -0.379 e. The van der Waals surface area contributed by atoms with E-state index in [2.05, 4.69) is 25.4 Å². The van der Waals surface area contributed by atoms with E-state index in [1.807, 2.05) is 35.9 Å². The van der Waals surface area contributed by atoms with Crippen LogP contribution in [0.25, 0.3) is 10.9 Å². The van der Waals surface area contributed by atoms with Gasteiger partial charge in [0, 0.05) is 18.7 Å². The topological polar surface area (TPSA) is 88.9 Å². The first-order chi connectivity index (χ1) is 14.2. The number of rotatable bonds is 4. The van der Waals surface area contributed by atoms with Crippen LogP contribution < -0.4 is 5.56 Å². The van der Waals surface area contributed by atoms with Crippen LogP contribution in [0.15, 0.2) is 29.1 Å². The predicted octanol–water partition coefficient (Wildman–Crippen LogP) is 2.36. The summed E-state index contributed by atoms with van der Waals surface area (Å²) in [6.07, 6.45) is 4.56. The second-order valence-corrected chi connectivity index (χ2v) is 8.06. The standard InChI is InChI=1S/C21H26N6O2/c1-14-5-4-6-15-13-17(21(28)22-18(14)15)19(26-9-11-29-12-10-26)20-23-24-25-27(20)16-7-2-3-8-16/h4-6,13,16,19H,2-3,7-12H2,1H3,(H,22,28)/t19-/m0/s1. The summed E-state index contributed by atoms with van der Waals surface area (Å²) in [7, 11) is 0. The zero-order valence-corrected chi connectivity index (χ0v) is 16.7. The molecule has 8 heteroatoms. The maximum atomic E-state index is 13.2. The van der Waals surface area contributed by atoms with E-state index in [1.165, 1.54) is 12.8 Å². The molecular formula is C21H26N6O2. The average Bonchev–Trinajstić information content (AvgIpc) is 3.42. The number of para-hydroxylation sites is 1. The number of H-pyrrole nitrogens is 1. The number of pyridine rings is 1. The van der Waals surface area contributed by atoms with Crippen molar-refractivity contribution < 1.29 is 4.74 Å². The van der Waals surface area contributed by atoms with E-state index in [9.17, 15) is 4.79 Å². The van der Waals surface area contributed by atoms with Gasteiger partial charge in [0.15, 0.2) is 5.82 Å². The minimum atomic E-state index is -0.289. The third kappa shape index (κ3) is 3.36. The zero-order chi connectivity index (χ0) is 19.8. The van der Waals surface area contributed by atoms with Crippen molar-refractivity contribution >= 4 is 10.9 Å². The molecule has 1 aromatic carbocycles. The monoisotopic (exact) mass is 394 g/mol. The maximum absolute atomic E-state index is 13.2. The lowest BCUT2D eigenvalue weighted by Crippen LogP contribution is -2.42. The number of aromatic amines is 1. The van der Waals surface area contributed by atoms with Gasteiger partial charge in [0.05, 0.1) is 24.8 Å². The fraction of sp³-hybridized carbons (Fsp3) is 0.524. The Kier molecular flexibility index (Phi) is 4.89. The highest BCUT2D eigenvalue weighted by Gasteiger charge is 2.33. The van der Waals surface area contributed by atoms with Crippen LogP contribution in [-0.4, -0.2) is 56.4 Å². The highest BCUT2D eigenvalue weighted by atomic mass is 16.5. The molecule has 1 aliphatic heterocycles. The predicted molar refractivity (Wildman–Crippen MR) is 109 cm³/mol. The van der Waals surface area contributed by atoms with Crippen LogP contribution in [-0.2, 0) is 4.74 Å². The first-order valence-corrected chi connectivity index (χ1v) is 10.4. The molecule has 2 fully saturated rings. The fourth-order valence-electron chi connectivity index (χ4n) is 4.73. The molecule has 2 aromatic heterocycles. The number of hydrogen-bond acceptors (Lipinski definition) is 6. The van der Waals surface area contributed by atoms with Crippen molar-refractivity contribution in [2.75, 3.05) is 26.3 Å². The first-order valence-electron chi connectivity index (χ1n) is 10.4. The third-order valence-electron chi connectivity index (χ3n) is 6.26. The lowest BCUT2D eigenvalue weighted by atomic mass is 10.0. The van der Waals surface area contributed by atoms with Crippen molar-refractivity contribution in [3.8, 4) is 0 Å². The average molecular weight is 394 g/mol. The molecule has 8 nitrogen and oxygen atoms in total. The Balaban J connectivity index is 1.66. The van der Waals surface area contributed by atoms with Gasteiger partial charge in [0.25, 0.3) is 5.56 Å². The van der Waals surface area contributed by atoms with Gasteiger partial charge in [0.1, 0.15) is 6.04 Å². The van der Waals surface area contributed by atoms with Gasteiger partial charge >= 0.3 is 0 Å². The lowest BCUT2D eigenvalue weighted by molar-refractivity contribution is 0.0211. The second kappa shape index (κ2) is 7.68. The summed E-state index contributed by atoms with van der Waals surface area (Å²) in [6.45, 7) is 4.79. The summed E-state index contributed by atoms with van der Waals surface area (Å²) in [5.41, 5.74) is 2.56. The molecule has 0 amide bonds. The summed E-state index contributed by atoms with van der Waals surface area (Å²) >= 11 is 0. The summed E-state index contributed by atoms with van der Waals surface area (Å²) in [5, 5.41) is 13.8. The number of hydrogen-bond donors (Lipinski definition) is 1. The lowest BCUT2D eigenvalue weighted by Gasteiger charge is -2.34. The number of aryl methyl sites for hydroxylation is 1. The normalized spacial score (nSPS) is 19.8. The van der Waals surface area contributed by atoms with Crippen LogP contribution in [0.3, 0.4) is 0 Å². The van der Waals surface area contributed by atoms with E-state index in [1.54, 1.807) is 0 Å². The third-order valence-corrected chi connectivity index (χ3v) is 6.26. The molecule has 3 heterocycles. The smallest absolute Gasteiger partial charge is 0.253 e. The van der Waals surface area contributed by atoms with Gasteiger partial charge in [0.2, 0.25) is 0 Å². The molecule has 5 rings (SSSR count). The summed E-state index contributed by atoms with van der Waals surface area (Å²) in [6, 6.07) is 8.10. The van der Waals surface area contributed by atoms with Crippen molar-refractivity contribution in [1.29, 1.82) is 0 Å². The Bertz CT molecular complexity index is 1060. The molecule has 152 valence electrons. The van der Waals surface area contributed by atoms with Crippen LogP contribution in [0, 0.1) is 6.92 Å². The highest BCUT2D eigenvalue weighted by molar-refractivity contribution is 5.82. The van der Waals surface area contributed by atoms with E-state index in [4.69, 9.17) is 4.74 Å². The molecule has 1 aliphatic carbocycles. The van der Waals surface area contributed by atoms with Crippen LogP contribution in [0.2, 0.25) is 0 Å². The number of nitrogens with zero attached hydrogens (tertiary/aromatic N) is 5. The number of benzene rings is 1. The molecule has 1 N–H and O–H groups in total. The van der Waals surface area contributed by atoms with Gasteiger partial charge in [-0.05, 0) is 47.2 Å². The molecular weight excluding hydrogens is 368 g/mol. The number of fused-ring (bicyclic) bond motifs is 1. The maximum Gasteiger partial charge on any atom is 0.253 e. The summed E-state index contributed by atoms with van der Waals surface area (Å²) in [4.78, 5) is 18.6. The molecule has 0 radical (unpaired) electrons. The molecule has 0 spiro atoms. The quantitative estimate of drug-likeness (QED) is 0.731. The number of morpholine rings is 1. The highest BCUT2D eigenvalue weighted by Crippen LogP contribution is 2.34. The molecule has 0 unspecified atom stereocenters. The molecule has 3 aromatic rings. The van der Waals surface area contributed by atoms with Crippen molar-refractivity contribution in [1.82, 2.24) is 30.1 Å². The van der Waals surface area contributed by atoms with E-state index in [0.29, 0.717) is 24.8 Å². The Labute approximate surface area is 168 Å². The van der Waals surface area contributed by atoms with Crippen molar-refractivity contribution in [3.63, 3.8) is 0 Å². The molecule has 29 heavy (non-hydrogen) atoms. The molecule has 1 atom stereocenters. The van der Waals surface area contributed by atoms with Crippen LogP contribution in [0.1, 0.15) is 54.7 Å². The Morgan fingerprint density at radius 3 is 2.79 bits per heavy atom. The SMILES string of the molecule is Cc1cccc2cc([C@@H](c3nnnn3C3CCCC3)N3CCOCC3)c(=O)[nH]c12. The Morgan fingerprint density at radius 2 is 2.00 bits per heavy atom. The van der Waals surface area contributed by atoms with Crippen LogP contribution >= 0.6 is 0 Å². The van der Waals surface area contributed by atoms with Crippen molar-refractivity contribution in [3.05, 3.63) is 51.6 Å². The van der Waals surface area contributed by atoms with Gasteiger partial charge in [-0.25, -0.2) is 4.68 Å². The molecule has 1 saturated heterocycles. The largest absolute Gasteiger partial charge is 0.379 e. The number of aromatic nitrogens is 5. The van der Waals surface area contributed by atoms with Gasteiger partial charge in [-0.3, -0.25) is 9.69 Å². The summed E-state index contributed by atoms with van der Waals surface area (Å²) in [5.74, 6) is 0.760. The van der Waals surface area contributed by atoms with Crippen molar-refractivity contribution in [2.45, 2.75) is 44.7 Å². The minimum absolute atomic E-state index is 0.0794. The van der Waals surface area contributed by atoms with Gasteiger partial charge < -0.3 is 9.72 Å². The Hall–Kier alpha value is -2.58. The second-order valence-electron chi connectivity index (χ2n) is 8.06. The van der Waals surface area contributed by atoms with E-state index < -0.39 is 0 Å². The van der Waals surface area contributed by atoms with Crippen LogP contribution in [0.4, 0.5) is 0 Å².